The highest BCUT2D eigenvalue weighted by molar-refractivity contribution is 6.30. The number of nitrogens with one attached hydrogen (secondary N) is 1. The van der Waals surface area contributed by atoms with Crippen LogP contribution in [0.1, 0.15) is 44.2 Å². The Hall–Kier alpha value is -2.79. The van der Waals surface area contributed by atoms with Crippen LogP contribution in [-0.4, -0.2) is 46.2 Å². The molecule has 5 nitrogen and oxygen atoms in total. The van der Waals surface area contributed by atoms with Crippen molar-refractivity contribution in [1.82, 2.24) is 14.8 Å². The maximum absolute atomic E-state index is 13.6. The molecule has 0 bridgehead atoms. The molecule has 180 valence electrons. The Balaban J connectivity index is 1.50. The van der Waals surface area contributed by atoms with Crippen molar-refractivity contribution in [3.63, 3.8) is 0 Å². The van der Waals surface area contributed by atoms with Crippen LogP contribution in [0.25, 0.3) is 10.9 Å². The molecule has 1 aliphatic rings. The van der Waals surface area contributed by atoms with Gasteiger partial charge in [-0.2, -0.15) is 0 Å². The van der Waals surface area contributed by atoms with Gasteiger partial charge in [0.2, 0.25) is 11.8 Å². The number of hydrogen-bond acceptors (Lipinski definition) is 2. The molecule has 1 heterocycles. The summed E-state index contributed by atoms with van der Waals surface area (Å²) >= 11 is 6.07. The molecule has 0 atom stereocenters. The van der Waals surface area contributed by atoms with Gasteiger partial charge in [0.05, 0.1) is 6.54 Å². The van der Waals surface area contributed by atoms with Gasteiger partial charge in [0, 0.05) is 47.7 Å². The van der Waals surface area contributed by atoms with E-state index in [-0.39, 0.29) is 24.3 Å². The number of fused-ring (bicyclic) bond motifs is 1. The molecule has 6 heteroatoms. The fraction of sp³-hybridized carbons (Fsp3) is 0.429. The van der Waals surface area contributed by atoms with Gasteiger partial charge in [0.1, 0.15) is 0 Å². The second-order valence-corrected chi connectivity index (χ2v) is 10.2. The highest BCUT2D eigenvalue weighted by Crippen LogP contribution is 2.28. The summed E-state index contributed by atoms with van der Waals surface area (Å²) < 4.78 is 0. The van der Waals surface area contributed by atoms with Crippen molar-refractivity contribution in [3.05, 3.63) is 70.9 Å². The SMILES string of the molecule is CC(C)CN(CC(=O)N(CCc1c[nH]c2ccccc12)Cc1ccc(Cl)cc1)C(=O)C1CCC1. The maximum atomic E-state index is 13.6. The van der Waals surface area contributed by atoms with Crippen molar-refractivity contribution >= 4 is 34.3 Å². The lowest BCUT2D eigenvalue weighted by molar-refractivity contribution is -0.145. The van der Waals surface area contributed by atoms with Crippen LogP contribution in [0, 0.1) is 11.8 Å². The number of carbonyl (C=O) groups is 2. The van der Waals surface area contributed by atoms with Crippen LogP contribution >= 0.6 is 11.6 Å². The first-order valence-electron chi connectivity index (χ1n) is 12.3. The molecule has 1 N–H and O–H groups in total. The molecule has 3 aromatic rings. The zero-order valence-electron chi connectivity index (χ0n) is 20.1. The summed E-state index contributed by atoms with van der Waals surface area (Å²) in [5.41, 5.74) is 3.31. The lowest BCUT2D eigenvalue weighted by Gasteiger charge is -2.34. The highest BCUT2D eigenvalue weighted by Gasteiger charge is 2.31. The minimum absolute atomic E-state index is 0.0110. The quantitative estimate of drug-likeness (QED) is 0.407. The number of amides is 2. The van der Waals surface area contributed by atoms with Crippen LogP contribution in [-0.2, 0) is 22.6 Å². The summed E-state index contributed by atoms with van der Waals surface area (Å²) in [6.07, 6.45) is 5.76. The van der Waals surface area contributed by atoms with Gasteiger partial charge in [-0.3, -0.25) is 9.59 Å². The van der Waals surface area contributed by atoms with E-state index >= 15 is 0 Å². The Morgan fingerprint density at radius 3 is 2.47 bits per heavy atom. The number of carbonyl (C=O) groups excluding carboxylic acids is 2. The first-order valence-corrected chi connectivity index (χ1v) is 12.6. The molecule has 2 amide bonds. The second kappa shape index (κ2) is 11.1. The predicted octanol–water partition coefficient (Wildman–Crippen LogP) is 5.68. The van der Waals surface area contributed by atoms with Gasteiger partial charge < -0.3 is 14.8 Å². The number of para-hydroxylation sites is 1. The number of aromatic amines is 1. The average Bonchev–Trinajstić information content (AvgIpc) is 3.19. The molecule has 0 aliphatic heterocycles. The van der Waals surface area contributed by atoms with E-state index in [1.165, 1.54) is 10.9 Å². The largest absolute Gasteiger partial charge is 0.361 e. The molecule has 34 heavy (non-hydrogen) atoms. The van der Waals surface area contributed by atoms with Gasteiger partial charge in [-0.15, -0.1) is 0 Å². The highest BCUT2D eigenvalue weighted by atomic mass is 35.5. The minimum atomic E-state index is -0.0110. The lowest BCUT2D eigenvalue weighted by atomic mass is 9.84. The van der Waals surface area contributed by atoms with Gasteiger partial charge in [-0.05, 0) is 54.5 Å². The molecular weight excluding hydrogens is 446 g/mol. The van der Waals surface area contributed by atoms with E-state index in [9.17, 15) is 9.59 Å². The maximum Gasteiger partial charge on any atom is 0.242 e. The Kier molecular flexibility index (Phi) is 7.94. The molecule has 1 saturated carbocycles. The molecule has 1 aromatic heterocycles. The molecule has 0 unspecified atom stereocenters. The van der Waals surface area contributed by atoms with E-state index in [2.05, 4.69) is 31.0 Å². The number of aromatic nitrogens is 1. The average molecular weight is 480 g/mol. The Morgan fingerprint density at radius 1 is 1.06 bits per heavy atom. The van der Waals surface area contributed by atoms with Crippen molar-refractivity contribution in [2.45, 2.75) is 46.1 Å². The summed E-state index contributed by atoms with van der Waals surface area (Å²) in [6.45, 7) is 6.00. The Bertz CT molecular complexity index is 1120. The standard InChI is InChI=1S/C28H34ClN3O2/c1-20(2)17-32(28(34)22-6-5-7-22)19-27(33)31(18-21-10-12-24(29)13-11-21)15-14-23-16-30-26-9-4-3-8-25(23)26/h3-4,8-13,16,20,22,30H,5-7,14-15,17-19H2,1-2H3. The monoisotopic (exact) mass is 479 g/mol. The number of nitrogens with zero attached hydrogens (tertiary/aromatic N) is 2. The van der Waals surface area contributed by atoms with E-state index in [0.717, 1.165) is 36.8 Å². The Labute approximate surface area is 207 Å². The molecule has 0 spiro atoms. The molecule has 2 aromatic carbocycles. The summed E-state index contributed by atoms with van der Waals surface area (Å²) in [6, 6.07) is 15.8. The molecule has 1 fully saturated rings. The summed E-state index contributed by atoms with van der Waals surface area (Å²) in [4.78, 5) is 33.6. The fourth-order valence-electron chi connectivity index (χ4n) is 4.55. The zero-order valence-corrected chi connectivity index (χ0v) is 20.9. The van der Waals surface area contributed by atoms with E-state index in [1.807, 2.05) is 47.5 Å². The van der Waals surface area contributed by atoms with Crippen molar-refractivity contribution in [2.24, 2.45) is 11.8 Å². The normalized spacial score (nSPS) is 13.8. The first-order chi connectivity index (χ1) is 16.4. The van der Waals surface area contributed by atoms with E-state index < -0.39 is 0 Å². The van der Waals surface area contributed by atoms with Gasteiger partial charge in [0.25, 0.3) is 0 Å². The summed E-state index contributed by atoms with van der Waals surface area (Å²) in [7, 11) is 0. The van der Waals surface area contributed by atoms with Crippen molar-refractivity contribution in [3.8, 4) is 0 Å². The summed E-state index contributed by atoms with van der Waals surface area (Å²) in [5.74, 6) is 0.523. The van der Waals surface area contributed by atoms with Gasteiger partial charge in [-0.25, -0.2) is 0 Å². The van der Waals surface area contributed by atoms with E-state index in [4.69, 9.17) is 11.6 Å². The van der Waals surface area contributed by atoms with Crippen LogP contribution in [0.3, 0.4) is 0 Å². The molecule has 4 rings (SSSR count). The molecular formula is C28H34ClN3O2. The molecule has 0 saturated heterocycles. The number of rotatable bonds is 10. The third kappa shape index (κ3) is 6.01. The number of benzene rings is 2. The van der Waals surface area contributed by atoms with Crippen molar-refractivity contribution in [1.29, 1.82) is 0 Å². The smallest absolute Gasteiger partial charge is 0.242 e. The topological polar surface area (TPSA) is 56.4 Å². The van der Waals surface area contributed by atoms with Gasteiger partial charge in [0.15, 0.2) is 0 Å². The number of hydrogen-bond donors (Lipinski definition) is 1. The van der Waals surface area contributed by atoms with Crippen molar-refractivity contribution in [2.75, 3.05) is 19.6 Å². The second-order valence-electron chi connectivity index (χ2n) is 9.79. The summed E-state index contributed by atoms with van der Waals surface area (Å²) in [5, 5.41) is 1.86. The van der Waals surface area contributed by atoms with Gasteiger partial charge >= 0.3 is 0 Å². The minimum Gasteiger partial charge on any atom is -0.361 e. The van der Waals surface area contributed by atoms with Gasteiger partial charge in [-0.1, -0.05) is 62.2 Å². The number of H-pyrrole nitrogens is 1. The third-order valence-corrected chi connectivity index (χ3v) is 6.90. The Morgan fingerprint density at radius 2 is 1.79 bits per heavy atom. The van der Waals surface area contributed by atoms with Crippen LogP contribution in [0.4, 0.5) is 0 Å². The fourth-order valence-corrected chi connectivity index (χ4v) is 4.67. The predicted molar refractivity (Wildman–Crippen MR) is 138 cm³/mol. The molecule has 0 radical (unpaired) electrons. The van der Waals surface area contributed by atoms with Crippen LogP contribution in [0.15, 0.2) is 54.7 Å². The number of halogens is 1. The van der Waals surface area contributed by atoms with E-state index in [0.29, 0.717) is 30.6 Å². The van der Waals surface area contributed by atoms with Crippen molar-refractivity contribution < 1.29 is 9.59 Å². The third-order valence-electron chi connectivity index (χ3n) is 6.64. The van der Waals surface area contributed by atoms with Crippen LogP contribution < -0.4 is 0 Å². The lowest BCUT2D eigenvalue weighted by Crippen LogP contribution is -2.47. The first kappa shape index (κ1) is 24.3. The van der Waals surface area contributed by atoms with Crippen LogP contribution in [0.5, 0.6) is 0 Å². The zero-order chi connectivity index (χ0) is 24.1. The van der Waals surface area contributed by atoms with Crippen LogP contribution in [0.2, 0.25) is 5.02 Å². The molecule has 1 aliphatic carbocycles. The van der Waals surface area contributed by atoms with E-state index in [1.54, 1.807) is 4.90 Å².